The minimum absolute atomic E-state index is 0.0228. The first-order valence-corrected chi connectivity index (χ1v) is 6.80. The van der Waals surface area contributed by atoms with Gasteiger partial charge < -0.3 is 16.0 Å². The highest BCUT2D eigenvalue weighted by Gasteiger charge is 2.21. The lowest BCUT2D eigenvalue weighted by Crippen LogP contribution is -2.38. The van der Waals surface area contributed by atoms with E-state index in [1.165, 1.54) is 0 Å². The summed E-state index contributed by atoms with van der Waals surface area (Å²) in [7, 11) is 1.71. The number of hydrogen-bond acceptors (Lipinski definition) is 4. The predicted molar refractivity (Wildman–Crippen MR) is 75.0 cm³/mol. The average molecular weight is 327 g/mol. The molecule has 2 amide bonds. The molecule has 0 radical (unpaired) electrons. The van der Waals surface area contributed by atoms with Gasteiger partial charge in [0.25, 0.3) is 5.91 Å². The van der Waals surface area contributed by atoms with Crippen molar-refractivity contribution >= 4 is 33.6 Å². The van der Waals surface area contributed by atoms with Gasteiger partial charge in [-0.05, 0) is 28.4 Å². The summed E-state index contributed by atoms with van der Waals surface area (Å²) in [6.45, 7) is 0.431. The molecule has 1 aromatic heterocycles. The van der Waals surface area contributed by atoms with Crippen LogP contribution in [0.1, 0.15) is 23.2 Å². The molecule has 1 unspecified atom stereocenters. The Balaban J connectivity index is 1.99. The van der Waals surface area contributed by atoms with E-state index < -0.39 is 0 Å². The largest absolute Gasteiger partial charge is 0.372 e. The molecule has 102 valence electrons. The summed E-state index contributed by atoms with van der Waals surface area (Å²) in [6.07, 6.45) is 2.91. The fourth-order valence-electron chi connectivity index (χ4n) is 1.95. The van der Waals surface area contributed by atoms with Gasteiger partial charge in [0.05, 0.1) is 5.56 Å². The second-order valence-electron chi connectivity index (χ2n) is 4.31. The zero-order chi connectivity index (χ0) is 13.8. The summed E-state index contributed by atoms with van der Waals surface area (Å²) in [5, 5.41) is 8.49. The zero-order valence-corrected chi connectivity index (χ0v) is 12.1. The Kier molecular flexibility index (Phi) is 4.36. The van der Waals surface area contributed by atoms with Crippen LogP contribution in [0.2, 0.25) is 0 Å². The van der Waals surface area contributed by atoms with E-state index in [2.05, 4.69) is 36.9 Å². The van der Waals surface area contributed by atoms with Gasteiger partial charge in [-0.3, -0.25) is 9.59 Å². The molecular formula is C12H15BrN4O2. The highest BCUT2D eigenvalue weighted by Crippen LogP contribution is 2.17. The Morgan fingerprint density at radius 2 is 2.42 bits per heavy atom. The molecule has 3 N–H and O–H groups in total. The Labute approximate surface area is 119 Å². The Morgan fingerprint density at radius 3 is 3.05 bits per heavy atom. The van der Waals surface area contributed by atoms with Crippen LogP contribution in [0.25, 0.3) is 0 Å². The van der Waals surface area contributed by atoms with Crippen molar-refractivity contribution in [2.24, 2.45) is 0 Å². The lowest BCUT2D eigenvalue weighted by Gasteiger charge is -2.13. The van der Waals surface area contributed by atoms with Crippen molar-refractivity contribution in [1.29, 1.82) is 0 Å². The van der Waals surface area contributed by atoms with Gasteiger partial charge in [0.1, 0.15) is 5.82 Å². The summed E-state index contributed by atoms with van der Waals surface area (Å²) in [6, 6.07) is 1.73. The number of nitrogens with one attached hydrogen (secondary N) is 3. The van der Waals surface area contributed by atoms with Gasteiger partial charge in [0.15, 0.2) is 0 Å². The molecule has 1 fully saturated rings. The molecule has 0 aromatic carbocycles. The van der Waals surface area contributed by atoms with Crippen LogP contribution >= 0.6 is 15.9 Å². The molecule has 1 saturated heterocycles. The maximum atomic E-state index is 12.1. The van der Waals surface area contributed by atoms with Gasteiger partial charge in [-0.2, -0.15) is 0 Å². The van der Waals surface area contributed by atoms with E-state index in [0.717, 1.165) is 10.9 Å². The van der Waals surface area contributed by atoms with Crippen molar-refractivity contribution in [2.45, 2.75) is 18.9 Å². The van der Waals surface area contributed by atoms with Crippen LogP contribution in [0.3, 0.4) is 0 Å². The Bertz CT molecular complexity index is 507. The highest BCUT2D eigenvalue weighted by atomic mass is 79.9. The molecule has 2 rings (SSSR count). The molecule has 7 heteroatoms. The number of halogens is 1. The van der Waals surface area contributed by atoms with Crippen LogP contribution in [-0.4, -0.2) is 36.4 Å². The highest BCUT2D eigenvalue weighted by molar-refractivity contribution is 9.10. The summed E-state index contributed by atoms with van der Waals surface area (Å²) in [5.74, 6) is 0.356. The number of aromatic nitrogens is 1. The van der Waals surface area contributed by atoms with Crippen LogP contribution in [0.15, 0.2) is 16.7 Å². The fraction of sp³-hybridized carbons (Fsp3) is 0.417. The number of pyridine rings is 1. The third-order valence-electron chi connectivity index (χ3n) is 2.93. The molecule has 19 heavy (non-hydrogen) atoms. The molecule has 1 aromatic rings. The van der Waals surface area contributed by atoms with Crippen molar-refractivity contribution in [3.05, 3.63) is 22.3 Å². The number of nitrogens with zero attached hydrogens (tertiary/aromatic N) is 1. The molecule has 2 heterocycles. The number of amides is 2. The van der Waals surface area contributed by atoms with Gasteiger partial charge in [0.2, 0.25) is 5.91 Å². The minimum atomic E-state index is -0.209. The van der Waals surface area contributed by atoms with E-state index in [-0.39, 0.29) is 17.9 Å². The summed E-state index contributed by atoms with van der Waals surface area (Å²) < 4.78 is 0.741. The average Bonchev–Trinajstić information content (AvgIpc) is 2.81. The lowest BCUT2D eigenvalue weighted by molar-refractivity contribution is -0.119. The third-order valence-corrected chi connectivity index (χ3v) is 3.36. The van der Waals surface area contributed by atoms with Gasteiger partial charge in [-0.1, -0.05) is 0 Å². The molecule has 0 bridgehead atoms. The van der Waals surface area contributed by atoms with Crippen LogP contribution in [0.4, 0.5) is 5.82 Å². The van der Waals surface area contributed by atoms with Crippen molar-refractivity contribution in [3.8, 4) is 0 Å². The van der Waals surface area contributed by atoms with Crippen LogP contribution in [-0.2, 0) is 4.79 Å². The molecule has 1 aliphatic rings. The predicted octanol–water partition coefficient (Wildman–Crippen LogP) is 0.894. The molecule has 0 saturated carbocycles. The summed E-state index contributed by atoms with van der Waals surface area (Å²) >= 11 is 3.29. The first-order chi connectivity index (χ1) is 9.10. The van der Waals surface area contributed by atoms with Crippen LogP contribution in [0.5, 0.6) is 0 Å². The zero-order valence-electron chi connectivity index (χ0n) is 10.5. The topological polar surface area (TPSA) is 83.1 Å². The molecule has 1 atom stereocenters. The van der Waals surface area contributed by atoms with Crippen molar-refractivity contribution in [3.63, 3.8) is 0 Å². The third kappa shape index (κ3) is 3.44. The van der Waals surface area contributed by atoms with Gasteiger partial charge in [-0.25, -0.2) is 4.98 Å². The van der Waals surface area contributed by atoms with Crippen LogP contribution < -0.4 is 16.0 Å². The van der Waals surface area contributed by atoms with Crippen molar-refractivity contribution < 1.29 is 9.59 Å². The van der Waals surface area contributed by atoms with E-state index in [9.17, 15) is 9.59 Å². The molecule has 6 nitrogen and oxygen atoms in total. The molecule has 1 aliphatic heterocycles. The van der Waals surface area contributed by atoms with Crippen molar-refractivity contribution in [2.75, 3.05) is 18.9 Å². The molecular weight excluding hydrogens is 312 g/mol. The van der Waals surface area contributed by atoms with Crippen molar-refractivity contribution in [1.82, 2.24) is 15.6 Å². The first kappa shape index (κ1) is 13.8. The SMILES string of the molecule is CNc1ncc(Br)cc1C(=O)NCC1CCC(=O)N1. The quantitative estimate of drug-likeness (QED) is 0.767. The Hall–Kier alpha value is -1.63. The number of carbonyl (C=O) groups excluding carboxylic acids is 2. The number of carbonyl (C=O) groups is 2. The number of rotatable bonds is 4. The maximum Gasteiger partial charge on any atom is 0.255 e. The van der Waals surface area contributed by atoms with E-state index in [0.29, 0.717) is 24.3 Å². The number of anilines is 1. The van der Waals surface area contributed by atoms with E-state index >= 15 is 0 Å². The monoisotopic (exact) mass is 326 g/mol. The number of hydrogen-bond donors (Lipinski definition) is 3. The van der Waals surface area contributed by atoms with Crippen LogP contribution in [0, 0.1) is 0 Å². The minimum Gasteiger partial charge on any atom is -0.372 e. The first-order valence-electron chi connectivity index (χ1n) is 6.01. The summed E-state index contributed by atoms with van der Waals surface area (Å²) in [4.78, 5) is 27.3. The normalized spacial score (nSPS) is 18.0. The maximum absolute atomic E-state index is 12.1. The van der Waals surface area contributed by atoms with E-state index in [1.54, 1.807) is 19.3 Å². The van der Waals surface area contributed by atoms with Gasteiger partial charge in [-0.15, -0.1) is 0 Å². The second-order valence-corrected chi connectivity index (χ2v) is 5.23. The van der Waals surface area contributed by atoms with Gasteiger partial charge in [0, 0.05) is 36.7 Å². The molecule has 0 aliphatic carbocycles. The Morgan fingerprint density at radius 1 is 1.63 bits per heavy atom. The second kappa shape index (κ2) is 6.01. The molecule has 0 spiro atoms. The van der Waals surface area contributed by atoms with E-state index in [1.807, 2.05) is 0 Å². The smallest absolute Gasteiger partial charge is 0.255 e. The summed E-state index contributed by atoms with van der Waals surface area (Å²) in [5.41, 5.74) is 0.473. The fourth-order valence-corrected chi connectivity index (χ4v) is 2.28. The van der Waals surface area contributed by atoms with E-state index in [4.69, 9.17) is 0 Å². The van der Waals surface area contributed by atoms with Gasteiger partial charge >= 0.3 is 0 Å². The lowest BCUT2D eigenvalue weighted by atomic mass is 10.2. The standard InChI is InChI=1S/C12H15BrN4O2/c1-14-11-9(4-7(13)5-15-11)12(19)16-6-8-2-3-10(18)17-8/h4-5,8H,2-3,6H2,1H3,(H,14,15)(H,16,19)(H,17,18).